The lowest BCUT2D eigenvalue weighted by molar-refractivity contribution is 0.199. The van der Waals surface area contributed by atoms with Crippen LogP contribution in [0.5, 0.6) is 0 Å². The van der Waals surface area contributed by atoms with Crippen LogP contribution in [0.25, 0.3) is 0 Å². The number of rotatable bonds is 0. The van der Waals surface area contributed by atoms with E-state index < -0.39 is 6.29 Å². The van der Waals surface area contributed by atoms with E-state index in [1.165, 1.54) is 38.5 Å². The molecule has 1 nitrogen and oxygen atoms in total. The van der Waals surface area contributed by atoms with E-state index >= 15 is 0 Å². The van der Waals surface area contributed by atoms with Gasteiger partial charge in [-0.1, -0.05) is 38.5 Å². The zero-order valence-corrected chi connectivity index (χ0v) is 5.91. The molecular weight excluding hydrogens is 138 g/mol. The van der Waals surface area contributed by atoms with Crippen molar-refractivity contribution in [2.45, 2.75) is 38.5 Å². The van der Waals surface area contributed by atoms with Gasteiger partial charge in [0.05, 0.1) is 0 Å². The number of carbonyl (C=O) groups excluding carboxylic acids is 1. The molecule has 0 radical (unpaired) electrons. The summed E-state index contributed by atoms with van der Waals surface area (Å²) in [6.45, 7) is 0. The average Bonchev–Trinajstić information content (AvgIpc) is 1.90. The van der Waals surface area contributed by atoms with E-state index in [-0.39, 0.29) is 0 Å². The SMILES string of the molecule is C1CCCCC1.O=C(F)F. The van der Waals surface area contributed by atoms with Crippen molar-refractivity contribution < 1.29 is 13.6 Å². The molecule has 60 valence electrons. The minimum Gasteiger partial charge on any atom is -0.219 e. The standard InChI is InChI=1S/C6H12.CF2O/c1-2-4-6-5-3-1;2-1(3)4/h1-6H2;. The molecule has 1 aliphatic carbocycles. The Morgan fingerprint density at radius 2 is 0.900 bits per heavy atom. The maximum Gasteiger partial charge on any atom is 0.483 e. The number of carbonyl (C=O) groups is 1. The van der Waals surface area contributed by atoms with Gasteiger partial charge < -0.3 is 0 Å². The van der Waals surface area contributed by atoms with Crippen LogP contribution in [-0.4, -0.2) is 6.29 Å². The second-order valence-corrected chi connectivity index (χ2v) is 2.35. The molecule has 0 spiro atoms. The first-order valence-electron chi connectivity index (χ1n) is 3.58. The number of hydrogen-bond acceptors (Lipinski definition) is 1. The minimum atomic E-state index is -2.83. The van der Waals surface area contributed by atoms with E-state index in [2.05, 4.69) is 0 Å². The van der Waals surface area contributed by atoms with Crippen LogP contribution in [0.1, 0.15) is 38.5 Å². The highest BCUT2D eigenvalue weighted by Crippen LogP contribution is 2.15. The lowest BCUT2D eigenvalue weighted by atomic mass is 10.0. The minimum absolute atomic E-state index is 1.50. The zero-order chi connectivity index (χ0) is 7.82. The summed E-state index contributed by atoms with van der Waals surface area (Å²) >= 11 is 0. The summed E-state index contributed by atoms with van der Waals surface area (Å²) in [6, 6.07) is 0. The highest BCUT2D eigenvalue weighted by Gasteiger charge is 1.95. The molecule has 1 rings (SSSR count). The maximum absolute atomic E-state index is 9.69. The summed E-state index contributed by atoms with van der Waals surface area (Å²) in [5.74, 6) is 0. The van der Waals surface area contributed by atoms with Gasteiger partial charge in [0, 0.05) is 0 Å². The Hall–Kier alpha value is -0.470. The van der Waals surface area contributed by atoms with Crippen molar-refractivity contribution in [3.63, 3.8) is 0 Å². The Bertz CT molecular complexity index is 74.1. The van der Waals surface area contributed by atoms with Crippen LogP contribution < -0.4 is 0 Å². The van der Waals surface area contributed by atoms with Crippen molar-refractivity contribution in [2.75, 3.05) is 0 Å². The van der Waals surface area contributed by atoms with Crippen molar-refractivity contribution in [3.05, 3.63) is 0 Å². The number of halogens is 2. The largest absolute Gasteiger partial charge is 0.483 e. The highest BCUT2D eigenvalue weighted by atomic mass is 19.3. The van der Waals surface area contributed by atoms with Gasteiger partial charge in [0.15, 0.2) is 0 Å². The van der Waals surface area contributed by atoms with Crippen LogP contribution in [0.3, 0.4) is 0 Å². The topological polar surface area (TPSA) is 17.1 Å². The predicted molar refractivity (Wildman–Crippen MR) is 35.3 cm³/mol. The van der Waals surface area contributed by atoms with Gasteiger partial charge in [-0.2, -0.15) is 0 Å². The van der Waals surface area contributed by atoms with E-state index in [0.717, 1.165) is 0 Å². The van der Waals surface area contributed by atoms with Gasteiger partial charge in [0.2, 0.25) is 0 Å². The van der Waals surface area contributed by atoms with Crippen LogP contribution in [0.4, 0.5) is 13.6 Å². The molecule has 1 fully saturated rings. The Labute approximate surface area is 59.4 Å². The summed E-state index contributed by atoms with van der Waals surface area (Å²) < 4.78 is 19.4. The van der Waals surface area contributed by atoms with Gasteiger partial charge in [-0.15, -0.1) is 8.78 Å². The van der Waals surface area contributed by atoms with Crippen molar-refractivity contribution in [1.29, 1.82) is 0 Å². The highest BCUT2D eigenvalue weighted by molar-refractivity contribution is 5.55. The van der Waals surface area contributed by atoms with Crippen LogP contribution in [0.15, 0.2) is 0 Å². The Morgan fingerprint density at radius 1 is 0.800 bits per heavy atom. The fourth-order valence-corrected chi connectivity index (χ4v) is 1.06. The lowest BCUT2D eigenvalue weighted by Crippen LogP contribution is -1.85. The lowest BCUT2D eigenvalue weighted by Gasteiger charge is -2.05. The van der Waals surface area contributed by atoms with Gasteiger partial charge in [-0.25, -0.2) is 4.79 Å². The normalized spacial score (nSPS) is 17.0. The maximum atomic E-state index is 9.69. The molecule has 0 N–H and O–H groups in total. The van der Waals surface area contributed by atoms with E-state index in [9.17, 15) is 8.78 Å². The van der Waals surface area contributed by atoms with Gasteiger partial charge in [-0.05, 0) is 0 Å². The molecule has 0 aromatic carbocycles. The van der Waals surface area contributed by atoms with Crippen LogP contribution in [-0.2, 0) is 0 Å². The number of hydrogen-bond donors (Lipinski definition) is 0. The summed E-state index contributed by atoms with van der Waals surface area (Å²) in [5, 5.41) is 0. The molecule has 10 heavy (non-hydrogen) atoms. The van der Waals surface area contributed by atoms with Crippen molar-refractivity contribution in [1.82, 2.24) is 0 Å². The van der Waals surface area contributed by atoms with E-state index in [1.54, 1.807) is 0 Å². The first kappa shape index (κ1) is 9.53. The summed E-state index contributed by atoms with van der Waals surface area (Å²) in [6.07, 6.45) is 6.17. The molecule has 0 bridgehead atoms. The molecule has 3 heteroatoms. The molecule has 0 saturated heterocycles. The predicted octanol–water partition coefficient (Wildman–Crippen LogP) is 3.39. The molecule has 0 aromatic heterocycles. The third-order valence-corrected chi connectivity index (χ3v) is 1.50. The zero-order valence-electron chi connectivity index (χ0n) is 5.91. The molecule has 1 aliphatic rings. The van der Waals surface area contributed by atoms with Crippen LogP contribution in [0, 0.1) is 0 Å². The molecule has 0 heterocycles. The third kappa shape index (κ3) is 10.5. The third-order valence-electron chi connectivity index (χ3n) is 1.50. The first-order chi connectivity index (χ1) is 4.73. The fourth-order valence-electron chi connectivity index (χ4n) is 1.06. The quantitative estimate of drug-likeness (QED) is 0.484. The van der Waals surface area contributed by atoms with E-state index in [0.29, 0.717) is 0 Å². The van der Waals surface area contributed by atoms with Crippen molar-refractivity contribution in [3.8, 4) is 0 Å². The van der Waals surface area contributed by atoms with Gasteiger partial charge in [0.25, 0.3) is 0 Å². The molecular formula is C7H12F2O. The summed E-state index contributed by atoms with van der Waals surface area (Å²) in [5.41, 5.74) is 0. The van der Waals surface area contributed by atoms with Crippen LogP contribution in [0.2, 0.25) is 0 Å². The molecule has 1 saturated carbocycles. The monoisotopic (exact) mass is 150 g/mol. The van der Waals surface area contributed by atoms with E-state index in [4.69, 9.17) is 4.79 Å². The Kier molecular flexibility index (Phi) is 6.33. The Balaban J connectivity index is 0.000000180. The molecule has 0 aliphatic heterocycles. The van der Waals surface area contributed by atoms with E-state index in [1.807, 2.05) is 0 Å². The van der Waals surface area contributed by atoms with Gasteiger partial charge in [0.1, 0.15) is 0 Å². The van der Waals surface area contributed by atoms with Gasteiger partial charge in [-0.3, -0.25) is 0 Å². The fraction of sp³-hybridized carbons (Fsp3) is 0.857. The first-order valence-corrected chi connectivity index (χ1v) is 3.58. The summed E-state index contributed by atoms with van der Waals surface area (Å²) in [7, 11) is 0. The Morgan fingerprint density at radius 3 is 1.00 bits per heavy atom. The van der Waals surface area contributed by atoms with Crippen LogP contribution >= 0.6 is 0 Å². The molecule has 0 aromatic rings. The molecule has 0 unspecified atom stereocenters. The summed E-state index contributed by atoms with van der Waals surface area (Å²) in [4.78, 5) is 8.11. The second-order valence-electron chi connectivity index (χ2n) is 2.35. The van der Waals surface area contributed by atoms with Gasteiger partial charge >= 0.3 is 6.29 Å². The molecule has 0 amide bonds. The molecule has 0 atom stereocenters. The second kappa shape index (κ2) is 6.65. The smallest absolute Gasteiger partial charge is 0.219 e. The van der Waals surface area contributed by atoms with Crippen molar-refractivity contribution in [2.24, 2.45) is 0 Å². The van der Waals surface area contributed by atoms with Crippen molar-refractivity contribution >= 4 is 6.29 Å². The average molecular weight is 150 g/mol.